The molecule has 1 N–H and O–H groups in total. The van der Waals surface area contributed by atoms with Gasteiger partial charge in [0.15, 0.2) is 0 Å². The summed E-state index contributed by atoms with van der Waals surface area (Å²) >= 11 is 0. The molecule has 0 spiro atoms. The number of pyridine rings is 1. The summed E-state index contributed by atoms with van der Waals surface area (Å²) in [6, 6.07) is 7.56. The number of carbonyl (C=O) groups is 1. The summed E-state index contributed by atoms with van der Waals surface area (Å²) in [6.07, 6.45) is 2.94. The number of carbonyl (C=O) groups excluding carboxylic acids is 1. The van der Waals surface area contributed by atoms with E-state index in [0.717, 1.165) is 5.69 Å². The Hall–Kier alpha value is -2.63. The fraction of sp³-hybridized carbons (Fsp3) is 0.294. The summed E-state index contributed by atoms with van der Waals surface area (Å²) in [5, 5.41) is 2.82. The molecule has 1 heterocycles. The van der Waals surface area contributed by atoms with Gasteiger partial charge in [0, 0.05) is 26.5 Å². The van der Waals surface area contributed by atoms with Crippen molar-refractivity contribution in [1.82, 2.24) is 10.3 Å². The monoisotopic (exact) mass is 317 g/mol. The highest BCUT2D eigenvalue weighted by Crippen LogP contribution is 2.16. The van der Waals surface area contributed by atoms with Crippen molar-refractivity contribution in [3.8, 4) is 5.75 Å². The Bertz CT molecular complexity index is 659. The van der Waals surface area contributed by atoms with Gasteiger partial charge < -0.3 is 15.0 Å². The molecule has 0 aliphatic rings. The van der Waals surface area contributed by atoms with Gasteiger partial charge in [-0.1, -0.05) is 0 Å². The standard InChI is InChI=1S/C17H20FN3O2/c1-12(23-14-6-4-13(18)5-7-14)10-20-17(22)15-11-19-9-8-16(15)21(2)3/h4-9,11-12H,10H2,1-3H3,(H,20,22)/t12-/m0/s1. The van der Waals surface area contributed by atoms with E-state index in [9.17, 15) is 9.18 Å². The van der Waals surface area contributed by atoms with Crippen molar-refractivity contribution < 1.29 is 13.9 Å². The summed E-state index contributed by atoms with van der Waals surface area (Å²) in [5.74, 6) is 0.0333. The number of ether oxygens (including phenoxy) is 1. The van der Waals surface area contributed by atoms with Crippen LogP contribution in [0.1, 0.15) is 17.3 Å². The van der Waals surface area contributed by atoms with Gasteiger partial charge in [-0.05, 0) is 37.3 Å². The summed E-state index contributed by atoms with van der Waals surface area (Å²) in [7, 11) is 3.73. The Labute approximate surface area is 135 Å². The molecule has 1 aromatic heterocycles. The van der Waals surface area contributed by atoms with Crippen LogP contribution in [0.4, 0.5) is 10.1 Å². The van der Waals surface area contributed by atoms with E-state index in [1.165, 1.54) is 18.3 Å². The lowest BCUT2D eigenvalue weighted by molar-refractivity contribution is 0.0932. The van der Waals surface area contributed by atoms with Crippen LogP contribution in [0.2, 0.25) is 0 Å². The highest BCUT2D eigenvalue weighted by molar-refractivity contribution is 5.99. The van der Waals surface area contributed by atoms with Crippen LogP contribution in [0.5, 0.6) is 5.75 Å². The number of benzene rings is 1. The minimum Gasteiger partial charge on any atom is -0.489 e. The number of aromatic nitrogens is 1. The van der Waals surface area contributed by atoms with Gasteiger partial charge in [0.05, 0.1) is 17.8 Å². The van der Waals surface area contributed by atoms with Gasteiger partial charge in [-0.15, -0.1) is 0 Å². The largest absolute Gasteiger partial charge is 0.489 e. The molecule has 0 aliphatic carbocycles. The minimum atomic E-state index is -0.314. The first-order valence-corrected chi connectivity index (χ1v) is 7.29. The zero-order chi connectivity index (χ0) is 16.8. The number of hydrogen-bond donors (Lipinski definition) is 1. The Morgan fingerprint density at radius 2 is 2.00 bits per heavy atom. The molecule has 23 heavy (non-hydrogen) atoms. The number of nitrogens with one attached hydrogen (secondary N) is 1. The Morgan fingerprint density at radius 1 is 1.30 bits per heavy atom. The van der Waals surface area contributed by atoms with E-state index in [1.54, 1.807) is 24.4 Å². The average molecular weight is 317 g/mol. The van der Waals surface area contributed by atoms with Crippen molar-refractivity contribution in [3.05, 3.63) is 54.1 Å². The molecule has 1 amide bonds. The lowest BCUT2D eigenvalue weighted by atomic mass is 10.2. The number of amides is 1. The van der Waals surface area contributed by atoms with E-state index in [0.29, 0.717) is 17.9 Å². The molecule has 2 aromatic rings. The number of halogens is 1. The van der Waals surface area contributed by atoms with Gasteiger partial charge in [0.25, 0.3) is 5.91 Å². The number of anilines is 1. The molecule has 6 heteroatoms. The maximum atomic E-state index is 12.8. The Morgan fingerprint density at radius 3 is 2.65 bits per heavy atom. The lowest BCUT2D eigenvalue weighted by Crippen LogP contribution is -2.34. The quantitative estimate of drug-likeness (QED) is 0.889. The van der Waals surface area contributed by atoms with E-state index < -0.39 is 0 Å². The highest BCUT2D eigenvalue weighted by atomic mass is 19.1. The summed E-state index contributed by atoms with van der Waals surface area (Å²) in [5.41, 5.74) is 1.30. The van der Waals surface area contributed by atoms with Crippen LogP contribution in [-0.2, 0) is 0 Å². The SMILES string of the molecule is C[C@@H](CNC(=O)c1cnccc1N(C)C)Oc1ccc(F)cc1. The molecule has 0 unspecified atom stereocenters. The topological polar surface area (TPSA) is 54.5 Å². The predicted molar refractivity (Wildman–Crippen MR) is 87.4 cm³/mol. The van der Waals surface area contributed by atoms with Crippen molar-refractivity contribution in [1.29, 1.82) is 0 Å². The first-order valence-electron chi connectivity index (χ1n) is 7.29. The number of hydrogen-bond acceptors (Lipinski definition) is 4. The van der Waals surface area contributed by atoms with E-state index in [1.807, 2.05) is 25.9 Å². The highest BCUT2D eigenvalue weighted by Gasteiger charge is 2.14. The first kappa shape index (κ1) is 16.7. The van der Waals surface area contributed by atoms with Crippen LogP contribution in [0.3, 0.4) is 0 Å². The summed E-state index contributed by atoms with van der Waals surface area (Å²) in [4.78, 5) is 18.1. The van der Waals surface area contributed by atoms with Gasteiger partial charge >= 0.3 is 0 Å². The molecule has 0 saturated heterocycles. The van der Waals surface area contributed by atoms with Gasteiger partial charge in [0.1, 0.15) is 17.7 Å². The fourth-order valence-electron chi connectivity index (χ4n) is 2.07. The number of nitrogens with zero attached hydrogens (tertiary/aromatic N) is 2. The first-order chi connectivity index (χ1) is 11.0. The second-order valence-corrected chi connectivity index (χ2v) is 5.38. The lowest BCUT2D eigenvalue weighted by Gasteiger charge is -2.18. The molecule has 0 saturated carbocycles. The third-order valence-electron chi connectivity index (χ3n) is 3.23. The molecule has 1 aromatic carbocycles. The summed E-state index contributed by atoms with van der Waals surface area (Å²) < 4.78 is 18.5. The van der Waals surface area contributed by atoms with Crippen LogP contribution in [0.25, 0.3) is 0 Å². The predicted octanol–water partition coefficient (Wildman–Crippen LogP) is 2.48. The van der Waals surface area contributed by atoms with Crippen LogP contribution >= 0.6 is 0 Å². The molecule has 1 atom stereocenters. The maximum Gasteiger partial charge on any atom is 0.255 e. The smallest absolute Gasteiger partial charge is 0.255 e. The van der Waals surface area contributed by atoms with Gasteiger partial charge in [-0.2, -0.15) is 0 Å². The van der Waals surface area contributed by atoms with Crippen molar-refractivity contribution in [2.75, 3.05) is 25.5 Å². The average Bonchev–Trinajstić information content (AvgIpc) is 2.54. The molecule has 0 bridgehead atoms. The van der Waals surface area contributed by atoms with Gasteiger partial charge in [-0.25, -0.2) is 4.39 Å². The molecular formula is C17H20FN3O2. The molecular weight excluding hydrogens is 297 g/mol. The van der Waals surface area contributed by atoms with Crippen molar-refractivity contribution >= 4 is 11.6 Å². The molecule has 0 aliphatic heterocycles. The normalized spacial score (nSPS) is 11.7. The van der Waals surface area contributed by atoms with Crippen LogP contribution in [-0.4, -0.2) is 37.6 Å². The van der Waals surface area contributed by atoms with Gasteiger partial charge in [0.2, 0.25) is 0 Å². The van der Waals surface area contributed by atoms with E-state index in [2.05, 4.69) is 10.3 Å². The Balaban J connectivity index is 1.92. The fourth-order valence-corrected chi connectivity index (χ4v) is 2.07. The third-order valence-corrected chi connectivity index (χ3v) is 3.23. The molecule has 0 fully saturated rings. The number of rotatable bonds is 6. The minimum absolute atomic E-state index is 0.212. The third kappa shape index (κ3) is 4.67. The van der Waals surface area contributed by atoms with Crippen LogP contribution < -0.4 is 15.0 Å². The molecule has 0 radical (unpaired) electrons. The van der Waals surface area contributed by atoms with Gasteiger partial charge in [-0.3, -0.25) is 9.78 Å². The van der Waals surface area contributed by atoms with Crippen LogP contribution in [0, 0.1) is 5.82 Å². The second-order valence-electron chi connectivity index (χ2n) is 5.38. The van der Waals surface area contributed by atoms with Crippen molar-refractivity contribution in [2.24, 2.45) is 0 Å². The second kappa shape index (κ2) is 7.58. The molecule has 2 rings (SSSR count). The molecule has 5 nitrogen and oxygen atoms in total. The van der Waals surface area contributed by atoms with Crippen LogP contribution in [0.15, 0.2) is 42.7 Å². The zero-order valence-corrected chi connectivity index (χ0v) is 13.4. The molecule has 122 valence electrons. The van der Waals surface area contributed by atoms with Crippen molar-refractivity contribution in [2.45, 2.75) is 13.0 Å². The van der Waals surface area contributed by atoms with E-state index in [4.69, 9.17) is 4.74 Å². The van der Waals surface area contributed by atoms with E-state index in [-0.39, 0.29) is 17.8 Å². The zero-order valence-electron chi connectivity index (χ0n) is 13.4. The van der Waals surface area contributed by atoms with Crippen molar-refractivity contribution in [3.63, 3.8) is 0 Å². The van der Waals surface area contributed by atoms with E-state index >= 15 is 0 Å². The Kier molecular flexibility index (Phi) is 5.51. The summed E-state index contributed by atoms with van der Waals surface area (Å²) in [6.45, 7) is 2.16. The maximum absolute atomic E-state index is 12.8.